The van der Waals surface area contributed by atoms with Gasteiger partial charge in [0.1, 0.15) is 17.9 Å². The van der Waals surface area contributed by atoms with E-state index in [1.807, 2.05) is 71.9 Å². The van der Waals surface area contributed by atoms with Crippen molar-refractivity contribution in [2.75, 3.05) is 13.7 Å². The maximum Gasteiger partial charge on any atom is 0.204 e. The summed E-state index contributed by atoms with van der Waals surface area (Å²) in [5.41, 5.74) is 5.46. The van der Waals surface area contributed by atoms with Crippen LogP contribution in [-0.2, 0) is 6.54 Å². The Hall–Kier alpha value is -4.40. The smallest absolute Gasteiger partial charge is 0.204 e. The first-order chi connectivity index (χ1) is 17.1. The molecule has 0 saturated heterocycles. The minimum absolute atomic E-state index is 0.245. The van der Waals surface area contributed by atoms with Crippen LogP contribution >= 0.6 is 0 Å². The minimum atomic E-state index is -0.245. The Morgan fingerprint density at radius 3 is 2.74 bits per heavy atom. The molecule has 9 nitrogen and oxygen atoms in total. The summed E-state index contributed by atoms with van der Waals surface area (Å²) in [4.78, 5) is 17.9. The summed E-state index contributed by atoms with van der Waals surface area (Å²) in [6.45, 7) is 4.87. The van der Waals surface area contributed by atoms with E-state index < -0.39 is 0 Å². The van der Waals surface area contributed by atoms with Gasteiger partial charge in [-0.2, -0.15) is 0 Å². The van der Waals surface area contributed by atoms with Gasteiger partial charge in [-0.3, -0.25) is 4.98 Å². The van der Waals surface area contributed by atoms with E-state index in [1.165, 1.54) is 0 Å². The summed E-state index contributed by atoms with van der Waals surface area (Å²) >= 11 is 0. The second-order valence-electron chi connectivity index (χ2n) is 8.53. The SMILES string of the molecule is COc1cc(Cn2cnc3cc(-n4ccnc4C)cnc32)cc2c1OC(c1ccc(C)nc1)CO2. The van der Waals surface area contributed by atoms with Crippen LogP contribution in [0, 0.1) is 13.8 Å². The Labute approximate surface area is 202 Å². The van der Waals surface area contributed by atoms with Crippen LogP contribution < -0.4 is 14.2 Å². The molecule has 0 fully saturated rings. The average molecular weight is 469 g/mol. The zero-order valence-electron chi connectivity index (χ0n) is 19.7. The number of methoxy groups -OCH3 is 1. The molecule has 1 unspecified atom stereocenters. The largest absolute Gasteiger partial charge is 0.493 e. The zero-order chi connectivity index (χ0) is 23.9. The predicted molar refractivity (Wildman–Crippen MR) is 129 cm³/mol. The molecule has 0 spiro atoms. The topological polar surface area (TPSA) is 89.1 Å². The molecule has 176 valence electrons. The van der Waals surface area contributed by atoms with E-state index in [-0.39, 0.29) is 6.10 Å². The lowest BCUT2D eigenvalue weighted by atomic mass is 10.1. The molecule has 1 aliphatic rings. The summed E-state index contributed by atoms with van der Waals surface area (Å²) in [5.74, 6) is 2.78. The van der Waals surface area contributed by atoms with Crippen LogP contribution in [0.1, 0.15) is 28.7 Å². The number of ether oxygens (including phenoxy) is 3. The van der Waals surface area contributed by atoms with Crippen molar-refractivity contribution in [1.82, 2.24) is 29.1 Å². The normalized spacial score (nSPS) is 14.9. The monoisotopic (exact) mass is 468 g/mol. The maximum atomic E-state index is 6.27. The van der Waals surface area contributed by atoms with Gasteiger partial charge in [0.25, 0.3) is 0 Å². The van der Waals surface area contributed by atoms with Crippen molar-refractivity contribution in [2.24, 2.45) is 0 Å². The number of rotatable bonds is 5. The van der Waals surface area contributed by atoms with Crippen LogP contribution in [0.2, 0.25) is 0 Å². The zero-order valence-corrected chi connectivity index (χ0v) is 19.7. The van der Waals surface area contributed by atoms with Gasteiger partial charge in [-0.15, -0.1) is 0 Å². The Bertz CT molecular complexity index is 1510. The number of nitrogens with zero attached hydrogens (tertiary/aromatic N) is 6. The number of benzene rings is 1. The fourth-order valence-corrected chi connectivity index (χ4v) is 4.31. The summed E-state index contributed by atoms with van der Waals surface area (Å²) in [5, 5.41) is 0. The van der Waals surface area contributed by atoms with E-state index in [4.69, 9.17) is 14.2 Å². The van der Waals surface area contributed by atoms with E-state index >= 15 is 0 Å². The standard InChI is InChI=1S/C26H24N6O3/c1-16-4-5-19(11-28-16)24-14-34-23-9-18(8-22(33-3)25(23)35-24)13-31-15-30-21-10-20(12-29-26(21)31)32-7-6-27-17(32)2/h4-12,15,24H,13-14H2,1-3H3. The Kier molecular flexibility index (Phi) is 5.09. The summed E-state index contributed by atoms with van der Waals surface area (Å²) in [6.07, 6.45) is 8.90. The van der Waals surface area contributed by atoms with Crippen molar-refractivity contribution in [3.05, 3.63) is 84.1 Å². The first kappa shape index (κ1) is 21.2. The highest BCUT2D eigenvalue weighted by atomic mass is 16.6. The molecule has 0 radical (unpaired) electrons. The molecule has 1 aromatic carbocycles. The van der Waals surface area contributed by atoms with Crippen LogP contribution in [0.25, 0.3) is 16.9 Å². The number of aryl methyl sites for hydroxylation is 2. The molecular formula is C26H24N6O3. The van der Waals surface area contributed by atoms with Gasteiger partial charge < -0.3 is 23.3 Å². The second-order valence-corrected chi connectivity index (χ2v) is 8.53. The Morgan fingerprint density at radius 1 is 1.06 bits per heavy atom. The van der Waals surface area contributed by atoms with Gasteiger partial charge in [0.2, 0.25) is 5.75 Å². The molecule has 0 aliphatic carbocycles. The predicted octanol–water partition coefficient (Wildman–Crippen LogP) is 4.20. The Morgan fingerprint density at radius 2 is 1.97 bits per heavy atom. The molecule has 4 aromatic heterocycles. The first-order valence-electron chi connectivity index (χ1n) is 11.3. The average Bonchev–Trinajstić information content (AvgIpc) is 3.49. The highest BCUT2D eigenvalue weighted by Gasteiger charge is 2.27. The highest BCUT2D eigenvalue weighted by molar-refractivity contribution is 5.73. The van der Waals surface area contributed by atoms with E-state index in [0.29, 0.717) is 30.4 Å². The summed E-state index contributed by atoms with van der Waals surface area (Å²) < 4.78 is 22.0. The number of fused-ring (bicyclic) bond motifs is 2. The Balaban J connectivity index is 1.28. The van der Waals surface area contributed by atoms with Crippen LogP contribution in [0.4, 0.5) is 0 Å². The maximum absolute atomic E-state index is 6.27. The second kappa shape index (κ2) is 8.43. The van der Waals surface area contributed by atoms with Crippen LogP contribution in [-0.4, -0.2) is 42.8 Å². The quantitative estimate of drug-likeness (QED) is 0.382. The summed E-state index contributed by atoms with van der Waals surface area (Å²) in [7, 11) is 1.63. The lowest BCUT2D eigenvalue weighted by molar-refractivity contribution is 0.0867. The van der Waals surface area contributed by atoms with Gasteiger partial charge in [0.15, 0.2) is 23.3 Å². The van der Waals surface area contributed by atoms with E-state index in [2.05, 4.69) is 19.9 Å². The molecule has 0 bridgehead atoms. The first-order valence-corrected chi connectivity index (χ1v) is 11.3. The van der Waals surface area contributed by atoms with Gasteiger partial charge in [0, 0.05) is 29.8 Å². The van der Waals surface area contributed by atoms with Crippen molar-refractivity contribution in [3.63, 3.8) is 0 Å². The van der Waals surface area contributed by atoms with Gasteiger partial charge in [0.05, 0.1) is 31.9 Å². The molecule has 5 aromatic rings. The highest BCUT2D eigenvalue weighted by Crippen LogP contribution is 2.44. The van der Waals surface area contributed by atoms with Gasteiger partial charge in [-0.05, 0) is 43.7 Å². The van der Waals surface area contributed by atoms with Crippen molar-refractivity contribution < 1.29 is 14.2 Å². The number of hydrogen-bond acceptors (Lipinski definition) is 7. The van der Waals surface area contributed by atoms with E-state index in [0.717, 1.165) is 39.5 Å². The number of pyridine rings is 2. The van der Waals surface area contributed by atoms with Gasteiger partial charge in [-0.1, -0.05) is 6.07 Å². The van der Waals surface area contributed by atoms with Crippen LogP contribution in [0.15, 0.2) is 61.4 Å². The van der Waals surface area contributed by atoms with Crippen LogP contribution in [0.3, 0.4) is 0 Å². The molecule has 9 heteroatoms. The number of hydrogen-bond donors (Lipinski definition) is 0. The molecule has 0 amide bonds. The van der Waals surface area contributed by atoms with Gasteiger partial charge in [-0.25, -0.2) is 15.0 Å². The van der Waals surface area contributed by atoms with Crippen molar-refractivity contribution >= 4 is 11.2 Å². The molecule has 1 atom stereocenters. The summed E-state index contributed by atoms with van der Waals surface area (Å²) in [6, 6.07) is 9.94. The third-order valence-electron chi connectivity index (χ3n) is 6.15. The molecule has 35 heavy (non-hydrogen) atoms. The number of aromatic nitrogens is 6. The van der Waals surface area contributed by atoms with Crippen molar-refractivity contribution in [2.45, 2.75) is 26.5 Å². The molecule has 0 N–H and O–H groups in total. The minimum Gasteiger partial charge on any atom is -0.493 e. The lowest BCUT2D eigenvalue weighted by Crippen LogP contribution is -2.22. The fraction of sp³-hybridized carbons (Fsp3) is 0.231. The molecule has 5 heterocycles. The third kappa shape index (κ3) is 3.84. The molecule has 0 saturated carbocycles. The molecular weight excluding hydrogens is 444 g/mol. The molecule has 6 rings (SSSR count). The lowest BCUT2D eigenvalue weighted by Gasteiger charge is -2.28. The van der Waals surface area contributed by atoms with E-state index in [1.54, 1.807) is 19.6 Å². The fourth-order valence-electron chi connectivity index (χ4n) is 4.31. The molecule has 1 aliphatic heterocycles. The number of imidazole rings is 2. The van der Waals surface area contributed by atoms with Crippen molar-refractivity contribution in [3.8, 4) is 22.9 Å². The van der Waals surface area contributed by atoms with Gasteiger partial charge >= 0.3 is 0 Å². The van der Waals surface area contributed by atoms with Crippen LogP contribution in [0.5, 0.6) is 17.2 Å². The van der Waals surface area contributed by atoms with E-state index in [9.17, 15) is 0 Å². The van der Waals surface area contributed by atoms with Crippen molar-refractivity contribution in [1.29, 1.82) is 0 Å². The third-order valence-corrected chi connectivity index (χ3v) is 6.15.